The van der Waals surface area contributed by atoms with Crippen LogP contribution in [0, 0.1) is 6.92 Å². The van der Waals surface area contributed by atoms with E-state index in [0.29, 0.717) is 11.3 Å². The highest BCUT2D eigenvalue weighted by atomic mass is 19.4. The molecule has 0 amide bonds. The first-order valence-electron chi connectivity index (χ1n) is 5.12. The lowest BCUT2D eigenvalue weighted by atomic mass is 10.1. The first kappa shape index (κ1) is 14.5. The standard InChI is InChI=1S/C10H14F3N3O2/c1-6-7(4-15-16(6)2)8(9(17)18-3)14-5-10(11,12)13/h4,8,14H,5H2,1-3H3. The number of methoxy groups -OCH3 is 1. The molecule has 1 N–H and O–H groups in total. The Balaban J connectivity index is 2.92. The lowest BCUT2D eigenvalue weighted by Crippen LogP contribution is -2.36. The fraction of sp³-hybridized carbons (Fsp3) is 0.600. The van der Waals surface area contributed by atoms with E-state index in [-0.39, 0.29) is 0 Å². The third-order valence-corrected chi connectivity index (χ3v) is 2.53. The zero-order valence-corrected chi connectivity index (χ0v) is 10.2. The van der Waals surface area contributed by atoms with E-state index in [1.807, 2.05) is 0 Å². The fourth-order valence-electron chi connectivity index (χ4n) is 1.45. The van der Waals surface area contributed by atoms with Crippen LogP contribution in [0.2, 0.25) is 0 Å². The molecule has 0 saturated carbocycles. The molecule has 1 rings (SSSR count). The van der Waals surface area contributed by atoms with Crippen molar-refractivity contribution in [3.8, 4) is 0 Å². The zero-order valence-electron chi connectivity index (χ0n) is 10.2. The molecule has 1 atom stereocenters. The Kier molecular flexibility index (Phi) is 4.33. The lowest BCUT2D eigenvalue weighted by molar-refractivity contribution is -0.146. The summed E-state index contributed by atoms with van der Waals surface area (Å²) in [5, 5.41) is 6.01. The van der Waals surface area contributed by atoms with Crippen molar-refractivity contribution in [3.63, 3.8) is 0 Å². The second kappa shape index (κ2) is 5.38. The second-order valence-corrected chi connectivity index (χ2v) is 3.76. The van der Waals surface area contributed by atoms with Gasteiger partial charge in [0.05, 0.1) is 19.9 Å². The Morgan fingerprint density at radius 1 is 1.61 bits per heavy atom. The van der Waals surface area contributed by atoms with E-state index >= 15 is 0 Å². The fourth-order valence-corrected chi connectivity index (χ4v) is 1.45. The van der Waals surface area contributed by atoms with Crippen molar-refractivity contribution in [2.24, 2.45) is 7.05 Å². The van der Waals surface area contributed by atoms with Crippen molar-refractivity contribution in [1.82, 2.24) is 15.1 Å². The van der Waals surface area contributed by atoms with Gasteiger partial charge in [-0.1, -0.05) is 0 Å². The van der Waals surface area contributed by atoms with Gasteiger partial charge in [0.1, 0.15) is 6.04 Å². The van der Waals surface area contributed by atoms with Crippen LogP contribution >= 0.6 is 0 Å². The molecule has 0 fully saturated rings. The van der Waals surface area contributed by atoms with Crippen LogP contribution in [0.3, 0.4) is 0 Å². The minimum atomic E-state index is -4.40. The van der Waals surface area contributed by atoms with E-state index in [1.165, 1.54) is 10.9 Å². The number of esters is 1. The monoisotopic (exact) mass is 265 g/mol. The largest absolute Gasteiger partial charge is 0.468 e. The Labute approximate surface area is 102 Å². The summed E-state index contributed by atoms with van der Waals surface area (Å²) in [7, 11) is 2.76. The Hall–Kier alpha value is -1.57. The number of carbonyl (C=O) groups is 1. The van der Waals surface area contributed by atoms with Gasteiger partial charge >= 0.3 is 12.1 Å². The predicted molar refractivity (Wildman–Crippen MR) is 56.8 cm³/mol. The number of nitrogens with one attached hydrogen (secondary N) is 1. The summed E-state index contributed by atoms with van der Waals surface area (Å²) >= 11 is 0. The van der Waals surface area contributed by atoms with Crippen molar-refractivity contribution in [2.45, 2.75) is 19.1 Å². The summed E-state index contributed by atoms with van der Waals surface area (Å²) < 4.78 is 42.5. The van der Waals surface area contributed by atoms with Crippen LogP contribution in [0.15, 0.2) is 6.20 Å². The highest BCUT2D eigenvalue weighted by Gasteiger charge is 2.32. The molecule has 0 radical (unpaired) electrons. The van der Waals surface area contributed by atoms with Crippen LogP contribution in [0.5, 0.6) is 0 Å². The maximum atomic E-state index is 12.2. The number of carbonyl (C=O) groups excluding carboxylic acids is 1. The number of nitrogens with zero attached hydrogens (tertiary/aromatic N) is 2. The molecule has 1 aromatic rings. The first-order chi connectivity index (χ1) is 8.26. The number of rotatable bonds is 4. The summed E-state index contributed by atoms with van der Waals surface area (Å²) in [6.07, 6.45) is -3.05. The van der Waals surface area contributed by atoms with Crippen LogP contribution in [0.1, 0.15) is 17.3 Å². The van der Waals surface area contributed by atoms with Gasteiger partial charge in [-0.05, 0) is 6.92 Å². The van der Waals surface area contributed by atoms with E-state index < -0.39 is 24.7 Å². The predicted octanol–water partition coefficient (Wildman–Crippen LogP) is 1.09. The SMILES string of the molecule is COC(=O)C(NCC(F)(F)F)c1cnn(C)c1C. The summed E-state index contributed by atoms with van der Waals surface area (Å²) in [5.41, 5.74) is 0.966. The summed E-state index contributed by atoms with van der Waals surface area (Å²) in [4.78, 5) is 11.5. The minimum Gasteiger partial charge on any atom is -0.468 e. The Morgan fingerprint density at radius 2 is 2.22 bits per heavy atom. The number of hydrogen-bond acceptors (Lipinski definition) is 4. The average Bonchev–Trinajstić information content (AvgIpc) is 2.59. The third kappa shape index (κ3) is 3.46. The van der Waals surface area contributed by atoms with Gasteiger partial charge < -0.3 is 4.74 Å². The molecule has 1 aromatic heterocycles. The van der Waals surface area contributed by atoms with Crippen molar-refractivity contribution >= 4 is 5.97 Å². The molecule has 102 valence electrons. The van der Waals surface area contributed by atoms with Gasteiger partial charge in [-0.2, -0.15) is 18.3 Å². The van der Waals surface area contributed by atoms with Crippen LogP contribution in [0.4, 0.5) is 13.2 Å². The smallest absolute Gasteiger partial charge is 0.401 e. The van der Waals surface area contributed by atoms with E-state index in [1.54, 1.807) is 14.0 Å². The molecule has 0 aromatic carbocycles. The molecular weight excluding hydrogens is 251 g/mol. The van der Waals surface area contributed by atoms with Gasteiger partial charge in [0.15, 0.2) is 0 Å². The molecule has 18 heavy (non-hydrogen) atoms. The molecule has 1 unspecified atom stereocenters. The van der Waals surface area contributed by atoms with Gasteiger partial charge in [-0.25, -0.2) is 4.79 Å². The molecule has 0 bridgehead atoms. The number of aryl methyl sites for hydroxylation is 1. The molecule has 0 aliphatic rings. The van der Waals surface area contributed by atoms with Crippen molar-refractivity contribution in [3.05, 3.63) is 17.5 Å². The Bertz CT molecular complexity index is 428. The first-order valence-corrected chi connectivity index (χ1v) is 5.12. The van der Waals surface area contributed by atoms with Crippen molar-refractivity contribution in [2.75, 3.05) is 13.7 Å². The Morgan fingerprint density at radius 3 is 2.61 bits per heavy atom. The van der Waals surface area contributed by atoms with Gasteiger partial charge in [0.25, 0.3) is 0 Å². The molecule has 5 nitrogen and oxygen atoms in total. The molecule has 0 saturated heterocycles. The highest BCUT2D eigenvalue weighted by molar-refractivity contribution is 5.77. The second-order valence-electron chi connectivity index (χ2n) is 3.76. The van der Waals surface area contributed by atoms with Crippen molar-refractivity contribution < 1.29 is 22.7 Å². The van der Waals surface area contributed by atoms with E-state index in [9.17, 15) is 18.0 Å². The maximum absolute atomic E-state index is 12.2. The minimum absolute atomic E-state index is 0.369. The number of hydrogen-bond donors (Lipinski definition) is 1. The number of ether oxygens (including phenoxy) is 1. The summed E-state index contributed by atoms with van der Waals surface area (Å²) in [6, 6.07) is -1.18. The highest BCUT2D eigenvalue weighted by Crippen LogP contribution is 2.20. The van der Waals surface area contributed by atoms with Gasteiger partial charge in [0, 0.05) is 18.3 Å². The normalized spacial score (nSPS) is 13.4. The molecule has 0 aliphatic carbocycles. The summed E-state index contributed by atoms with van der Waals surface area (Å²) in [5.74, 6) is -0.782. The number of alkyl halides is 3. The van der Waals surface area contributed by atoms with Crippen LogP contribution in [0.25, 0.3) is 0 Å². The van der Waals surface area contributed by atoms with E-state index in [2.05, 4.69) is 15.2 Å². The topological polar surface area (TPSA) is 56.1 Å². The van der Waals surface area contributed by atoms with Crippen LogP contribution in [-0.2, 0) is 16.6 Å². The maximum Gasteiger partial charge on any atom is 0.401 e. The molecule has 0 aliphatic heterocycles. The number of aromatic nitrogens is 2. The quantitative estimate of drug-likeness (QED) is 0.828. The molecule has 8 heteroatoms. The van der Waals surface area contributed by atoms with Crippen LogP contribution in [-0.4, -0.2) is 35.6 Å². The molecule has 1 heterocycles. The molecular formula is C10H14F3N3O2. The zero-order chi connectivity index (χ0) is 13.9. The summed E-state index contributed by atoms with van der Waals surface area (Å²) in [6.45, 7) is 0.384. The van der Waals surface area contributed by atoms with Gasteiger partial charge in [-0.15, -0.1) is 0 Å². The molecule has 0 spiro atoms. The van der Waals surface area contributed by atoms with E-state index in [0.717, 1.165) is 7.11 Å². The van der Waals surface area contributed by atoms with E-state index in [4.69, 9.17) is 0 Å². The van der Waals surface area contributed by atoms with Gasteiger partial charge in [0.2, 0.25) is 0 Å². The van der Waals surface area contributed by atoms with Crippen molar-refractivity contribution in [1.29, 1.82) is 0 Å². The van der Waals surface area contributed by atoms with Gasteiger partial charge in [-0.3, -0.25) is 10.00 Å². The third-order valence-electron chi connectivity index (χ3n) is 2.53. The lowest BCUT2D eigenvalue weighted by Gasteiger charge is -2.17. The van der Waals surface area contributed by atoms with Crippen LogP contribution < -0.4 is 5.32 Å². The number of halogens is 3. The average molecular weight is 265 g/mol.